The van der Waals surface area contributed by atoms with Crippen molar-refractivity contribution in [1.82, 2.24) is 29.4 Å². The zero-order valence-electron chi connectivity index (χ0n) is 20.6. The first kappa shape index (κ1) is 23.4. The number of nitrogen functional groups attached to an aromatic ring is 1. The number of furan rings is 1. The summed E-state index contributed by atoms with van der Waals surface area (Å²) in [5.41, 5.74) is 6.97. The van der Waals surface area contributed by atoms with Crippen LogP contribution in [0.1, 0.15) is 51.0 Å². The number of hydrogen-bond donors (Lipinski definition) is 2. The van der Waals surface area contributed by atoms with Gasteiger partial charge in [0.25, 0.3) is 0 Å². The number of aromatic nitrogens is 6. The average molecular weight is 500 g/mol. The van der Waals surface area contributed by atoms with Gasteiger partial charge < -0.3 is 15.3 Å². The van der Waals surface area contributed by atoms with Crippen LogP contribution >= 0.6 is 0 Å². The standard InChI is InChI=1S/C27H29N7O3/c1-27(18-8-3-2-4-9-18,22(36)15-17-7-5-10-19(35)13-12-17)34-25-20(16-29-34)24-30-23(21-11-6-14-37-21)32-33(24)26(28)31-25/h2-4,6,8-9,11,14,16-17,19,35H,5,7,10,12-13,15H2,1H3,(H2,28,31). The van der Waals surface area contributed by atoms with Crippen molar-refractivity contribution < 1.29 is 14.3 Å². The molecule has 3 N–H and O–H groups in total. The van der Waals surface area contributed by atoms with E-state index in [1.165, 1.54) is 4.52 Å². The molecular weight excluding hydrogens is 470 g/mol. The highest BCUT2D eigenvalue weighted by atomic mass is 16.3. The van der Waals surface area contributed by atoms with Crippen molar-refractivity contribution in [2.45, 2.75) is 57.1 Å². The summed E-state index contributed by atoms with van der Waals surface area (Å²) >= 11 is 0. The Balaban J connectivity index is 1.47. The molecule has 4 aromatic heterocycles. The molecule has 1 aliphatic rings. The third kappa shape index (κ3) is 3.97. The monoisotopic (exact) mass is 499 g/mol. The fourth-order valence-electron chi connectivity index (χ4n) is 5.43. The lowest BCUT2D eigenvalue weighted by Crippen LogP contribution is -2.42. The molecule has 10 nitrogen and oxygen atoms in total. The molecule has 1 aromatic carbocycles. The smallest absolute Gasteiger partial charge is 0.225 e. The average Bonchev–Trinajstić information content (AvgIpc) is 3.64. The molecule has 3 unspecified atom stereocenters. The second-order valence-electron chi connectivity index (χ2n) is 10.0. The van der Waals surface area contributed by atoms with Crippen LogP contribution in [0.5, 0.6) is 0 Å². The topological polar surface area (TPSA) is 137 Å². The van der Waals surface area contributed by atoms with E-state index >= 15 is 0 Å². The normalized spacial score (nSPS) is 20.2. The molecular formula is C27H29N7O3. The van der Waals surface area contributed by atoms with Gasteiger partial charge in [0, 0.05) is 6.42 Å². The van der Waals surface area contributed by atoms with Crippen LogP contribution in [0.4, 0.5) is 5.95 Å². The Morgan fingerprint density at radius 1 is 1.11 bits per heavy atom. The minimum atomic E-state index is -1.12. The Kier molecular flexibility index (Phi) is 5.75. The molecule has 0 bridgehead atoms. The number of hydrogen-bond acceptors (Lipinski definition) is 8. The van der Waals surface area contributed by atoms with Gasteiger partial charge in [-0.1, -0.05) is 36.8 Å². The molecule has 0 amide bonds. The maximum atomic E-state index is 14.1. The SMILES string of the molecule is CC(C(=O)CC1CCCC(O)CC1)(c1ccccc1)n1ncc2c1nc(N)n1nc(-c3ccco3)nc21. The molecule has 0 saturated heterocycles. The van der Waals surface area contributed by atoms with Crippen LogP contribution in [0.3, 0.4) is 0 Å². The van der Waals surface area contributed by atoms with Gasteiger partial charge in [-0.3, -0.25) is 4.79 Å². The zero-order valence-corrected chi connectivity index (χ0v) is 20.6. The maximum Gasteiger partial charge on any atom is 0.225 e. The lowest BCUT2D eigenvalue weighted by atomic mass is 9.81. The number of carbonyl (C=O) groups excluding carboxylic acids is 1. The predicted octanol–water partition coefficient (Wildman–Crippen LogP) is 3.98. The number of aliphatic hydroxyl groups excluding tert-OH is 1. The molecule has 1 fully saturated rings. The van der Waals surface area contributed by atoms with Crippen molar-refractivity contribution in [2.24, 2.45) is 5.92 Å². The van der Waals surface area contributed by atoms with E-state index in [2.05, 4.69) is 20.2 Å². The fourth-order valence-corrected chi connectivity index (χ4v) is 5.43. The second kappa shape index (κ2) is 9.11. The number of fused-ring (bicyclic) bond motifs is 3. The molecule has 190 valence electrons. The molecule has 0 radical (unpaired) electrons. The van der Waals surface area contributed by atoms with Crippen LogP contribution in [0, 0.1) is 5.92 Å². The summed E-state index contributed by atoms with van der Waals surface area (Å²) in [7, 11) is 0. The number of carbonyl (C=O) groups is 1. The summed E-state index contributed by atoms with van der Waals surface area (Å²) in [6.45, 7) is 1.89. The molecule has 6 rings (SSSR count). The van der Waals surface area contributed by atoms with Gasteiger partial charge in [-0.05, 0) is 56.2 Å². The predicted molar refractivity (Wildman–Crippen MR) is 138 cm³/mol. The summed E-state index contributed by atoms with van der Waals surface area (Å²) in [5, 5.41) is 19.9. The summed E-state index contributed by atoms with van der Waals surface area (Å²) < 4.78 is 8.59. The first-order valence-electron chi connectivity index (χ1n) is 12.7. The van der Waals surface area contributed by atoms with Gasteiger partial charge in [-0.2, -0.15) is 14.6 Å². The number of aliphatic hydroxyl groups is 1. The van der Waals surface area contributed by atoms with Crippen molar-refractivity contribution in [1.29, 1.82) is 0 Å². The van der Waals surface area contributed by atoms with E-state index in [9.17, 15) is 9.90 Å². The van der Waals surface area contributed by atoms with Crippen molar-refractivity contribution in [3.8, 4) is 11.6 Å². The number of Topliss-reactive ketones (excluding diaryl/α,β-unsaturated/α-hetero) is 1. The fraction of sp³-hybridized carbons (Fsp3) is 0.370. The third-order valence-electron chi connectivity index (χ3n) is 7.61. The van der Waals surface area contributed by atoms with Crippen molar-refractivity contribution in [3.05, 3.63) is 60.5 Å². The highest BCUT2D eigenvalue weighted by Crippen LogP contribution is 2.35. The molecule has 4 heterocycles. The molecule has 10 heteroatoms. The van der Waals surface area contributed by atoms with E-state index in [1.807, 2.05) is 37.3 Å². The Morgan fingerprint density at radius 3 is 2.73 bits per heavy atom. The Hall–Kier alpha value is -4.05. The highest BCUT2D eigenvalue weighted by molar-refractivity contribution is 5.95. The number of nitrogens with two attached hydrogens (primary N) is 1. The van der Waals surface area contributed by atoms with Gasteiger partial charge in [-0.15, -0.1) is 5.10 Å². The van der Waals surface area contributed by atoms with Crippen molar-refractivity contribution >= 4 is 28.4 Å². The van der Waals surface area contributed by atoms with Crippen LogP contribution < -0.4 is 5.73 Å². The number of benzene rings is 1. The summed E-state index contributed by atoms with van der Waals surface area (Å²) in [5.74, 6) is 1.29. The number of rotatable bonds is 6. The van der Waals surface area contributed by atoms with Gasteiger partial charge in [0.05, 0.1) is 24.0 Å². The van der Waals surface area contributed by atoms with Gasteiger partial charge in [0.15, 0.2) is 22.8 Å². The van der Waals surface area contributed by atoms with Crippen LogP contribution in [0.25, 0.3) is 28.3 Å². The summed E-state index contributed by atoms with van der Waals surface area (Å²) in [6, 6.07) is 13.2. The molecule has 1 saturated carbocycles. The van der Waals surface area contributed by atoms with Crippen LogP contribution in [-0.2, 0) is 10.3 Å². The lowest BCUT2D eigenvalue weighted by molar-refractivity contribution is -0.126. The number of anilines is 1. The Morgan fingerprint density at radius 2 is 1.95 bits per heavy atom. The molecule has 37 heavy (non-hydrogen) atoms. The van der Waals surface area contributed by atoms with Crippen LogP contribution in [0.2, 0.25) is 0 Å². The second-order valence-corrected chi connectivity index (χ2v) is 10.0. The minimum absolute atomic E-state index is 0.0445. The Labute approximate surface area is 213 Å². The van der Waals surface area contributed by atoms with E-state index in [-0.39, 0.29) is 23.8 Å². The molecule has 0 aliphatic heterocycles. The number of ketones is 1. The van der Waals surface area contributed by atoms with E-state index in [1.54, 1.807) is 29.3 Å². The van der Waals surface area contributed by atoms with Gasteiger partial charge in [-0.25, -0.2) is 9.67 Å². The number of nitrogens with zero attached hydrogens (tertiary/aromatic N) is 6. The van der Waals surface area contributed by atoms with Gasteiger partial charge >= 0.3 is 0 Å². The quantitative estimate of drug-likeness (QED) is 0.335. The van der Waals surface area contributed by atoms with Gasteiger partial charge in [0.1, 0.15) is 5.54 Å². The van der Waals surface area contributed by atoms with E-state index in [0.29, 0.717) is 34.7 Å². The largest absolute Gasteiger partial charge is 0.461 e. The van der Waals surface area contributed by atoms with Crippen LogP contribution in [-0.4, -0.2) is 46.4 Å². The van der Waals surface area contributed by atoms with Crippen molar-refractivity contribution in [3.63, 3.8) is 0 Å². The highest BCUT2D eigenvalue weighted by Gasteiger charge is 2.40. The van der Waals surface area contributed by atoms with Crippen LogP contribution in [0.15, 0.2) is 59.3 Å². The van der Waals surface area contributed by atoms with Gasteiger partial charge in [0.2, 0.25) is 11.8 Å². The summed E-state index contributed by atoms with van der Waals surface area (Å²) in [4.78, 5) is 23.4. The van der Waals surface area contributed by atoms with E-state index < -0.39 is 5.54 Å². The Bertz CT molecular complexity index is 1560. The first-order valence-corrected chi connectivity index (χ1v) is 12.7. The van der Waals surface area contributed by atoms with E-state index in [0.717, 1.165) is 37.7 Å². The molecule has 0 spiro atoms. The minimum Gasteiger partial charge on any atom is -0.461 e. The summed E-state index contributed by atoms with van der Waals surface area (Å²) in [6.07, 6.45) is 7.54. The first-order chi connectivity index (χ1) is 17.9. The van der Waals surface area contributed by atoms with Crippen molar-refractivity contribution in [2.75, 3.05) is 5.73 Å². The maximum absolute atomic E-state index is 14.1. The molecule has 1 aliphatic carbocycles. The zero-order chi connectivity index (χ0) is 25.6. The lowest BCUT2D eigenvalue weighted by Gasteiger charge is -2.31. The third-order valence-corrected chi connectivity index (χ3v) is 7.61. The van der Waals surface area contributed by atoms with E-state index in [4.69, 9.17) is 10.2 Å². The molecule has 5 aromatic rings. The molecule has 3 atom stereocenters.